The van der Waals surface area contributed by atoms with E-state index in [1.54, 1.807) is 0 Å². The van der Waals surface area contributed by atoms with Gasteiger partial charge in [0.25, 0.3) is 0 Å². The van der Waals surface area contributed by atoms with Crippen molar-refractivity contribution in [3.05, 3.63) is 0 Å². The molecule has 2 unspecified atom stereocenters. The predicted molar refractivity (Wildman–Crippen MR) is 46.6 cm³/mol. The molecule has 2 fully saturated rings. The summed E-state index contributed by atoms with van der Waals surface area (Å²) in [6.07, 6.45) is 2.80. The summed E-state index contributed by atoms with van der Waals surface area (Å²) in [5, 5.41) is 3.47. The molecular formula is C9H18N2. The standard InChI is InChI=1S/C9H18N2/c1-11-6-8-2-4-10-5-3-9(8)7-11/h8-10H,2-7H2,1H3. The van der Waals surface area contributed by atoms with Crippen molar-refractivity contribution in [3.63, 3.8) is 0 Å². The van der Waals surface area contributed by atoms with Gasteiger partial charge in [-0.1, -0.05) is 0 Å². The van der Waals surface area contributed by atoms with Crippen LogP contribution in [-0.2, 0) is 0 Å². The third-order valence-corrected chi connectivity index (χ3v) is 3.14. The minimum atomic E-state index is 0.995. The fourth-order valence-electron chi connectivity index (χ4n) is 2.53. The fourth-order valence-corrected chi connectivity index (χ4v) is 2.53. The van der Waals surface area contributed by atoms with Crippen molar-refractivity contribution in [2.24, 2.45) is 11.8 Å². The van der Waals surface area contributed by atoms with Gasteiger partial charge in [0, 0.05) is 13.1 Å². The zero-order valence-corrected chi connectivity index (χ0v) is 7.34. The van der Waals surface area contributed by atoms with Gasteiger partial charge in [-0.05, 0) is 44.8 Å². The smallest absolute Gasteiger partial charge is 0.00103 e. The van der Waals surface area contributed by atoms with Crippen LogP contribution in [0.5, 0.6) is 0 Å². The first-order valence-corrected chi connectivity index (χ1v) is 4.75. The summed E-state index contributed by atoms with van der Waals surface area (Å²) in [6, 6.07) is 0. The minimum absolute atomic E-state index is 0.995. The molecule has 64 valence electrons. The maximum absolute atomic E-state index is 3.47. The summed E-state index contributed by atoms with van der Waals surface area (Å²) >= 11 is 0. The minimum Gasteiger partial charge on any atom is -0.317 e. The van der Waals surface area contributed by atoms with E-state index in [0.29, 0.717) is 0 Å². The van der Waals surface area contributed by atoms with Gasteiger partial charge in [-0.25, -0.2) is 0 Å². The first kappa shape index (κ1) is 7.56. The third kappa shape index (κ3) is 1.57. The lowest BCUT2D eigenvalue weighted by Gasteiger charge is -2.12. The molecule has 11 heavy (non-hydrogen) atoms. The van der Waals surface area contributed by atoms with Crippen molar-refractivity contribution in [2.45, 2.75) is 12.8 Å². The van der Waals surface area contributed by atoms with E-state index in [9.17, 15) is 0 Å². The van der Waals surface area contributed by atoms with Crippen molar-refractivity contribution in [1.29, 1.82) is 0 Å². The summed E-state index contributed by atoms with van der Waals surface area (Å²) in [4.78, 5) is 2.49. The monoisotopic (exact) mass is 154 g/mol. The van der Waals surface area contributed by atoms with Crippen LogP contribution in [0.4, 0.5) is 0 Å². The van der Waals surface area contributed by atoms with E-state index in [2.05, 4.69) is 17.3 Å². The van der Waals surface area contributed by atoms with Gasteiger partial charge in [0.15, 0.2) is 0 Å². The summed E-state index contributed by atoms with van der Waals surface area (Å²) in [5.41, 5.74) is 0. The van der Waals surface area contributed by atoms with Crippen molar-refractivity contribution >= 4 is 0 Å². The second-order valence-electron chi connectivity index (χ2n) is 4.07. The van der Waals surface area contributed by atoms with E-state index < -0.39 is 0 Å². The summed E-state index contributed by atoms with van der Waals surface area (Å²) < 4.78 is 0. The van der Waals surface area contributed by atoms with E-state index in [1.807, 2.05) is 0 Å². The highest BCUT2D eigenvalue weighted by molar-refractivity contribution is 4.84. The summed E-state index contributed by atoms with van der Waals surface area (Å²) in [7, 11) is 2.25. The molecule has 0 aromatic heterocycles. The highest BCUT2D eigenvalue weighted by atomic mass is 15.1. The van der Waals surface area contributed by atoms with E-state index >= 15 is 0 Å². The van der Waals surface area contributed by atoms with Crippen LogP contribution in [0.3, 0.4) is 0 Å². The van der Waals surface area contributed by atoms with Crippen molar-refractivity contribution < 1.29 is 0 Å². The Kier molecular flexibility index (Phi) is 2.14. The van der Waals surface area contributed by atoms with Crippen LogP contribution in [-0.4, -0.2) is 38.1 Å². The molecule has 2 saturated heterocycles. The second-order valence-corrected chi connectivity index (χ2v) is 4.07. The van der Waals surface area contributed by atoms with Crippen LogP contribution in [0, 0.1) is 11.8 Å². The van der Waals surface area contributed by atoms with Crippen LogP contribution < -0.4 is 5.32 Å². The topological polar surface area (TPSA) is 15.3 Å². The maximum atomic E-state index is 3.47. The molecule has 2 rings (SSSR count). The highest BCUT2D eigenvalue weighted by Gasteiger charge is 2.30. The molecule has 2 aliphatic rings. The Morgan fingerprint density at radius 3 is 2.18 bits per heavy atom. The first-order chi connectivity index (χ1) is 5.36. The zero-order chi connectivity index (χ0) is 7.68. The average Bonchev–Trinajstić information content (AvgIpc) is 2.17. The Labute approximate surface area is 69.0 Å². The molecule has 2 aliphatic heterocycles. The number of fused-ring (bicyclic) bond motifs is 1. The zero-order valence-electron chi connectivity index (χ0n) is 7.34. The molecule has 0 aromatic carbocycles. The Bertz CT molecular complexity index is 122. The predicted octanol–water partition coefficient (Wildman–Crippen LogP) is 0.548. The number of nitrogens with one attached hydrogen (secondary N) is 1. The molecule has 0 bridgehead atoms. The largest absolute Gasteiger partial charge is 0.317 e. The summed E-state index contributed by atoms with van der Waals surface area (Å²) in [6.45, 7) is 5.17. The highest BCUT2D eigenvalue weighted by Crippen LogP contribution is 2.28. The van der Waals surface area contributed by atoms with Gasteiger partial charge in [0.2, 0.25) is 0 Å². The van der Waals surface area contributed by atoms with Crippen molar-refractivity contribution in [3.8, 4) is 0 Å². The molecule has 0 saturated carbocycles. The van der Waals surface area contributed by atoms with E-state index in [-0.39, 0.29) is 0 Å². The molecule has 2 heterocycles. The van der Waals surface area contributed by atoms with E-state index in [0.717, 1.165) is 11.8 Å². The molecule has 2 heteroatoms. The Hall–Kier alpha value is -0.0800. The Balaban J connectivity index is 1.96. The van der Waals surface area contributed by atoms with Gasteiger partial charge in [0.1, 0.15) is 0 Å². The lowest BCUT2D eigenvalue weighted by atomic mass is 9.92. The molecule has 0 radical (unpaired) electrons. The van der Waals surface area contributed by atoms with Crippen LogP contribution in [0.15, 0.2) is 0 Å². The van der Waals surface area contributed by atoms with Gasteiger partial charge in [-0.2, -0.15) is 0 Å². The Morgan fingerprint density at radius 2 is 1.64 bits per heavy atom. The third-order valence-electron chi connectivity index (χ3n) is 3.14. The average molecular weight is 154 g/mol. The number of nitrogens with zero attached hydrogens (tertiary/aromatic N) is 1. The van der Waals surface area contributed by atoms with Crippen molar-refractivity contribution in [1.82, 2.24) is 10.2 Å². The molecule has 1 N–H and O–H groups in total. The van der Waals surface area contributed by atoms with Crippen molar-refractivity contribution in [2.75, 3.05) is 33.2 Å². The van der Waals surface area contributed by atoms with Crippen LogP contribution in [0.25, 0.3) is 0 Å². The van der Waals surface area contributed by atoms with Crippen LogP contribution in [0.1, 0.15) is 12.8 Å². The van der Waals surface area contributed by atoms with Gasteiger partial charge in [-0.15, -0.1) is 0 Å². The van der Waals surface area contributed by atoms with Gasteiger partial charge < -0.3 is 10.2 Å². The molecule has 0 spiro atoms. The SMILES string of the molecule is CN1CC2CCNCCC2C1. The maximum Gasteiger partial charge on any atom is 0.00103 e. The van der Waals surface area contributed by atoms with E-state index in [4.69, 9.17) is 0 Å². The summed E-state index contributed by atoms with van der Waals surface area (Å²) in [5.74, 6) is 1.99. The van der Waals surface area contributed by atoms with Crippen LogP contribution in [0.2, 0.25) is 0 Å². The van der Waals surface area contributed by atoms with Gasteiger partial charge in [0.05, 0.1) is 0 Å². The van der Waals surface area contributed by atoms with Gasteiger partial charge in [-0.3, -0.25) is 0 Å². The molecular weight excluding hydrogens is 136 g/mol. The second kappa shape index (κ2) is 3.11. The number of hydrogen-bond donors (Lipinski definition) is 1. The van der Waals surface area contributed by atoms with E-state index in [1.165, 1.54) is 39.0 Å². The normalized spacial score (nSPS) is 40.1. The lowest BCUT2D eigenvalue weighted by Crippen LogP contribution is -2.19. The number of hydrogen-bond acceptors (Lipinski definition) is 2. The molecule has 2 atom stereocenters. The quantitative estimate of drug-likeness (QED) is 0.548. The molecule has 0 amide bonds. The molecule has 2 nitrogen and oxygen atoms in total. The van der Waals surface area contributed by atoms with Crippen LogP contribution >= 0.6 is 0 Å². The number of rotatable bonds is 0. The first-order valence-electron chi connectivity index (χ1n) is 4.75. The molecule has 0 aliphatic carbocycles. The van der Waals surface area contributed by atoms with Gasteiger partial charge >= 0.3 is 0 Å². The fraction of sp³-hybridized carbons (Fsp3) is 1.00. The molecule has 0 aromatic rings. The lowest BCUT2D eigenvalue weighted by molar-refractivity contribution is 0.384. The Morgan fingerprint density at radius 1 is 1.09 bits per heavy atom. The number of likely N-dealkylation sites (tertiary alicyclic amines) is 1.